The molecule has 0 unspecified atom stereocenters. The molecule has 0 saturated carbocycles. The number of hydrogen-bond donors (Lipinski definition) is 0. The topological polar surface area (TPSA) is 17.1 Å². The van der Waals surface area contributed by atoms with Gasteiger partial charge in [0.1, 0.15) is 5.82 Å². The number of carbonyl (C=O) groups excluding carboxylic acids is 1. The number of benzene rings is 2. The summed E-state index contributed by atoms with van der Waals surface area (Å²) in [6, 6.07) is 13.7. The first-order valence-electron chi connectivity index (χ1n) is 5.53. The van der Waals surface area contributed by atoms with Crippen molar-refractivity contribution in [3.63, 3.8) is 0 Å². The monoisotopic (exact) mass is 256 g/mol. The van der Waals surface area contributed by atoms with E-state index in [-0.39, 0.29) is 11.6 Å². The fourth-order valence-electron chi connectivity index (χ4n) is 1.85. The molecule has 0 atom stereocenters. The summed E-state index contributed by atoms with van der Waals surface area (Å²) < 4.78 is 12.8. The molecule has 1 heterocycles. The average molecular weight is 256 g/mol. The van der Waals surface area contributed by atoms with E-state index >= 15 is 0 Å². The maximum atomic E-state index is 12.8. The molecule has 0 fully saturated rings. The van der Waals surface area contributed by atoms with Gasteiger partial charge in [0.2, 0.25) is 5.78 Å². The zero-order chi connectivity index (χ0) is 12.5. The molecule has 2 aromatic carbocycles. The first kappa shape index (κ1) is 11.2. The van der Waals surface area contributed by atoms with E-state index in [2.05, 4.69) is 0 Å². The number of rotatable bonds is 1. The quantitative estimate of drug-likeness (QED) is 0.713. The Morgan fingerprint density at radius 2 is 1.72 bits per heavy atom. The van der Waals surface area contributed by atoms with E-state index in [9.17, 15) is 9.18 Å². The number of Topliss-reactive ketones (excluding diaryl/α,β-unsaturated/α-hetero) is 1. The van der Waals surface area contributed by atoms with Crippen LogP contribution in [0.4, 0.5) is 4.39 Å². The van der Waals surface area contributed by atoms with Gasteiger partial charge in [0.05, 0.1) is 4.91 Å². The Kier molecular flexibility index (Phi) is 2.76. The van der Waals surface area contributed by atoms with E-state index in [1.807, 2.05) is 24.3 Å². The van der Waals surface area contributed by atoms with Crippen LogP contribution in [-0.2, 0) is 0 Å². The first-order valence-corrected chi connectivity index (χ1v) is 6.34. The molecule has 1 aliphatic heterocycles. The third-order valence-electron chi connectivity index (χ3n) is 2.74. The smallest absolute Gasteiger partial charge is 0.200 e. The number of hydrogen-bond acceptors (Lipinski definition) is 2. The van der Waals surface area contributed by atoms with E-state index in [1.54, 1.807) is 18.2 Å². The molecule has 0 spiro atoms. The third kappa shape index (κ3) is 1.97. The van der Waals surface area contributed by atoms with Crippen molar-refractivity contribution in [1.82, 2.24) is 0 Å². The summed E-state index contributed by atoms with van der Waals surface area (Å²) in [5.41, 5.74) is 1.58. The van der Waals surface area contributed by atoms with Crippen molar-refractivity contribution in [1.29, 1.82) is 0 Å². The third-order valence-corrected chi connectivity index (χ3v) is 3.84. The van der Waals surface area contributed by atoms with Gasteiger partial charge < -0.3 is 0 Å². The molecule has 0 amide bonds. The number of allylic oxidation sites excluding steroid dienone is 1. The lowest BCUT2D eigenvalue weighted by Gasteiger charge is -1.96. The highest BCUT2D eigenvalue weighted by Gasteiger charge is 2.24. The Balaban J connectivity index is 1.97. The fourth-order valence-corrected chi connectivity index (χ4v) is 2.90. The van der Waals surface area contributed by atoms with Crippen LogP contribution in [0.3, 0.4) is 0 Å². The van der Waals surface area contributed by atoms with Crippen molar-refractivity contribution in [3.05, 3.63) is 70.4 Å². The molecule has 0 radical (unpaired) electrons. The van der Waals surface area contributed by atoms with Gasteiger partial charge in [-0.2, -0.15) is 0 Å². The Morgan fingerprint density at radius 1 is 1.00 bits per heavy atom. The van der Waals surface area contributed by atoms with Crippen molar-refractivity contribution in [2.24, 2.45) is 0 Å². The summed E-state index contributed by atoms with van der Waals surface area (Å²) in [7, 11) is 0. The second-order valence-corrected chi connectivity index (χ2v) is 5.07. The van der Waals surface area contributed by atoms with Crippen LogP contribution >= 0.6 is 11.8 Å². The first-order chi connectivity index (χ1) is 8.74. The van der Waals surface area contributed by atoms with Crippen molar-refractivity contribution < 1.29 is 9.18 Å². The normalized spacial score (nSPS) is 16.1. The van der Waals surface area contributed by atoms with Crippen LogP contribution in [0.5, 0.6) is 0 Å². The number of thioether (sulfide) groups is 1. The number of halogens is 1. The van der Waals surface area contributed by atoms with Crippen molar-refractivity contribution in [2.45, 2.75) is 4.90 Å². The summed E-state index contributed by atoms with van der Waals surface area (Å²) in [6.45, 7) is 0. The highest BCUT2D eigenvalue weighted by molar-refractivity contribution is 8.04. The van der Waals surface area contributed by atoms with Gasteiger partial charge in [-0.1, -0.05) is 36.0 Å². The molecule has 1 nitrogen and oxygen atoms in total. The van der Waals surface area contributed by atoms with Gasteiger partial charge in [-0.25, -0.2) is 4.39 Å². The number of ketones is 1. The van der Waals surface area contributed by atoms with Crippen molar-refractivity contribution in [2.75, 3.05) is 0 Å². The Hall–Kier alpha value is -1.87. The molecule has 1 aliphatic rings. The van der Waals surface area contributed by atoms with Gasteiger partial charge >= 0.3 is 0 Å². The van der Waals surface area contributed by atoms with Gasteiger partial charge in [-0.15, -0.1) is 0 Å². The predicted molar refractivity (Wildman–Crippen MR) is 71.0 cm³/mol. The SMILES string of the molecule is O=C1/C(=C\c2ccc(F)cc2)Sc2ccccc21. The van der Waals surface area contributed by atoms with Crippen LogP contribution in [0.25, 0.3) is 6.08 Å². The van der Waals surface area contributed by atoms with Crippen LogP contribution < -0.4 is 0 Å². The van der Waals surface area contributed by atoms with Crippen molar-refractivity contribution >= 4 is 23.6 Å². The maximum absolute atomic E-state index is 12.8. The molecular formula is C15H9FOS. The lowest BCUT2D eigenvalue weighted by atomic mass is 10.1. The van der Waals surface area contributed by atoms with Crippen LogP contribution in [-0.4, -0.2) is 5.78 Å². The molecule has 0 bridgehead atoms. The Labute approximate surface area is 108 Å². The van der Waals surface area contributed by atoms with Crippen LogP contribution in [0.15, 0.2) is 58.3 Å². The van der Waals surface area contributed by atoms with E-state index in [4.69, 9.17) is 0 Å². The van der Waals surface area contributed by atoms with Crippen LogP contribution in [0.1, 0.15) is 15.9 Å². The zero-order valence-electron chi connectivity index (χ0n) is 9.39. The molecule has 3 heteroatoms. The van der Waals surface area contributed by atoms with Gasteiger partial charge in [-0.3, -0.25) is 4.79 Å². The highest BCUT2D eigenvalue weighted by Crippen LogP contribution is 2.40. The largest absolute Gasteiger partial charge is 0.288 e. The Bertz CT molecular complexity index is 644. The minimum atomic E-state index is -0.272. The Morgan fingerprint density at radius 3 is 2.44 bits per heavy atom. The van der Waals surface area contributed by atoms with E-state index in [1.165, 1.54) is 23.9 Å². The summed E-state index contributed by atoms with van der Waals surface area (Å²) in [5, 5.41) is 0. The standard InChI is InChI=1S/C15H9FOS/c16-11-7-5-10(6-8-11)9-14-15(17)12-3-1-2-4-13(12)18-14/h1-9H/b14-9+. The molecule has 0 N–H and O–H groups in total. The highest BCUT2D eigenvalue weighted by atomic mass is 32.2. The maximum Gasteiger partial charge on any atom is 0.200 e. The average Bonchev–Trinajstić information content (AvgIpc) is 2.70. The molecule has 3 rings (SSSR count). The molecule has 88 valence electrons. The van der Waals surface area contributed by atoms with E-state index in [0.29, 0.717) is 4.91 Å². The molecule has 2 aromatic rings. The molecule has 18 heavy (non-hydrogen) atoms. The van der Waals surface area contributed by atoms with Gasteiger partial charge in [0.15, 0.2) is 0 Å². The summed E-state index contributed by atoms with van der Waals surface area (Å²) in [5.74, 6) is -0.231. The molecule has 0 saturated heterocycles. The fraction of sp³-hybridized carbons (Fsp3) is 0. The van der Waals surface area contributed by atoms with Gasteiger partial charge in [-0.05, 0) is 35.9 Å². The van der Waals surface area contributed by atoms with Crippen LogP contribution in [0.2, 0.25) is 0 Å². The second kappa shape index (κ2) is 4.42. The number of carbonyl (C=O) groups is 1. The number of fused-ring (bicyclic) bond motifs is 1. The molecule has 0 aliphatic carbocycles. The van der Waals surface area contributed by atoms with E-state index in [0.717, 1.165) is 16.0 Å². The van der Waals surface area contributed by atoms with Crippen molar-refractivity contribution in [3.8, 4) is 0 Å². The summed E-state index contributed by atoms with van der Waals surface area (Å²) in [4.78, 5) is 13.8. The summed E-state index contributed by atoms with van der Waals surface area (Å²) in [6.07, 6.45) is 1.80. The second-order valence-electron chi connectivity index (χ2n) is 3.99. The summed E-state index contributed by atoms with van der Waals surface area (Å²) >= 11 is 1.46. The minimum Gasteiger partial charge on any atom is -0.288 e. The lowest BCUT2D eigenvalue weighted by molar-refractivity contribution is 0.104. The van der Waals surface area contributed by atoms with Crippen LogP contribution in [0, 0.1) is 5.82 Å². The van der Waals surface area contributed by atoms with Gasteiger partial charge in [0.25, 0.3) is 0 Å². The minimum absolute atomic E-state index is 0.0416. The zero-order valence-corrected chi connectivity index (χ0v) is 10.2. The predicted octanol–water partition coefficient (Wildman–Crippen LogP) is 4.16. The molecular weight excluding hydrogens is 247 g/mol. The van der Waals surface area contributed by atoms with E-state index < -0.39 is 0 Å². The lowest BCUT2D eigenvalue weighted by Crippen LogP contribution is -1.93. The molecule has 0 aromatic heterocycles. The van der Waals surface area contributed by atoms with Gasteiger partial charge in [0, 0.05) is 10.5 Å².